The molecule has 4 nitrogen and oxygen atoms in total. The number of likely N-dealkylation sites (tertiary alicyclic amines) is 1. The molecule has 16 heavy (non-hydrogen) atoms. The maximum absolute atomic E-state index is 11.9. The van der Waals surface area contributed by atoms with Gasteiger partial charge < -0.3 is 10.6 Å². The summed E-state index contributed by atoms with van der Waals surface area (Å²) in [4.78, 5) is 16.3. The van der Waals surface area contributed by atoms with Crippen molar-refractivity contribution in [3.05, 3.63) is 0 Å². The van der Waals surface area contributed by atoms with Crippen LogP contribution in [0, 0.1) is 0 Å². The lowest BCUT2D eigenvalue weighted by molar-refractivity contribution is -0.133. The van der Waals surface area contributed by atoms with Gasteiger partial charge in [0.15, 0.2) is 0 Å². The number of nitrogens with zero attached hydrogens (tertiary/aromatic N) is 2. The molecule has 0 atom stereocenters. The van der Waals surface area contributed by atoms with E-state index >= 15 is 0 Å². The Kier molecular flexibility index (Phi) is 5.69. The van der Waals surface area contributed by atoms with Crippen molar-refractivity contribution >= 4 is 23.1 Å². The zero-order valence-electron chi connectivity index (χ0n) is 9.95. The molecule has 1 saturated heterocycles. The quantitative estimate of drug-likeness (QED) is 0.719. The summed E-state index contributed by atoms with van der Waals surface area (Å²) in [5, 5.41) is 0. The first-order valence-corrected chi connectivity index (χ1v) is 6.32. The fourth-order valence-electron chi connectivity index (χ4n) is 1.93. The van der Waals surface area contributed by atoms with Crippen molar-refractivity contribution in [3.63, 3.8) is 0 Å². The predicted molar refractivity (Wildman–Crippen MR) is 69.3 cm³/mol. The van der Waals surface area contributed by atoms with Crippen LogP contribution in [0.5, 0.6) is 0 Å². The number of hydrogen-bond acceptors (Lipinski definition) is 3. The molecule has 1 amide bonds. The molecule has 5 heteroatoms. The summed E-state index contributed by atoms with van der Waals surface area (Å²) in [5.41, 5.74) is 5.49. The fourth-order valence-corrected chi connectivity index (χ4v) is 2.12. The molecule has 0 radical (unpaired) electrons. The summed E-state index contributed by atoms with van der Waals surface area (Å²) in [7, 11) is 0. The largest absolute Gasteiger partial charge is 0.392 e. The molecule has 92 valence electrons. The van der Waals surface area contributed by atoms with Crippen molar-refractivity contribution in [3.8, 4) is 0 Å². The summed E-state index contributed by atoms with van der Waals surface area (Å²) >= 11 is 4.86. The Balaban J connectivity index is 2.38. The molecule has 1 rings (SSSR count). The second kappa shape index (κ2) is 6.81. The van der Waals surface area contributed by atoms with Crippen LogP contribution in [-0.2, 0) is 4.79 Å². The number of amides is 1. The SMILES string of the molecule is CCN(CC(=O)N1CCCCC1)CC(N)=S. The standard InChI is InChI=1S/C11H21N3OS/c1-2-13(8-10(12)16)9-11(15)14-6-4-3-5-7-14/h2-9H2,1H3,(H2,12,16). The fraction of sp³-hybridized carbons (Fsp3) is 0.818. The van der Waals surface area contributed by atoms with Gasteiger partial charge in [0.2, 0.25) is 5.91 Å². The van der Waals surface area contributed by atoms with E-state index in [2.05, 4.69) is 0 Å². The summed E-state index contributed by atoms with van der Waals surface area (Å²) in [6, 6.07) is 0. The van der Waals surface area contributed by atoms with Gasteiger partial charge >= 0.3 is 0 Å². The molecule has 0 spiro atoms. The Morgan fingerprint density at radius 2 is 1.94 bits per heavy atom. The van der Waals surface area contributed by atoms with Crippen LogP contribution in [0.4, 0.5) is 0 Å². The minimum atomic E-state index is 0.206. The molecule has 0 aromatic rings. The molecular formula is C11H21N3OS. The Hall–Kier alpha value is -0.680. The maximum Gasteiger partial charge on any atom is 0.236 e. The molecule has 0 saturated carbocycles. The van der Waals surface area contributed by atoms with Crippen molar-refractivity contribution in [1.29, 1.82) is 0 Å². The molecule has 2 N–H and O–H groups in total. The third kappa shape index (κ3) is 4.45. The van der Waals surface area contributed by atoms with Gasteiger partial charge in [-0.2, -0.15) is 0 Å². The first-order valence-electron chi connectivity index (χ1n) is 5.92. The predicted octanol–water partition coefficient (Wildman–Crippen LogP) is 0.607. The van der Waals surface area contributed by atoms with E-state index in [9.17, 15) is 4.79 Å². The Labute approximate surface area is 103 Å². The Morgan fingerprint density at radius 3 is 2.44 bits per heavy atom. The lowest BCUT2D eigenvalue weighted by Crippen LogP contribution is -2.44. The molecule has 0 aromatic heterocycles. The number of nitrogens with two attached hydrogens (primary N) is 1. The van der Waals surface area contributed by atoms with Crippen molar-refractivity contribution in [2.24, 2.45) is 5.73 Å². The van der Waals surface area contributed by atoms with E-state index in [4.69, 9.17) is 18.0 Å². The van der Waals surface area contributed by atoms with Crippen LogP contribution < -0.4 is 5.73 Å². The number of carbonyl (C=O) groups is 1. The first-order chi connectivity index (χ1) is 7.63. The summed E-state index contributed by atoms with van der Waals surface area (Å²) in [5.74, 6) is 0.206. The molecule has 0 aromatic carbocycles. The van der Waals surface area contributed by atoms with Crippen molar-refractivity contribution in [1.82, 2.24) is 9.80 Å². The average Bonchev–Trinajstić information content (AvgIpc) is 2.28. The van der Waals surface area contributed by atoms with Crippen molar-refractivity contribution in [2.75, 3.05) is 32.7 Å². The minimum Gasteiger partial charge on any atom is -0.392 e. The number of carbonyl (C=O) groups excluding carboxylic acids is 1. The topological polar surface area (TPSA) is 49.6 Å². The molecular weight excluding hydrogens is 222 g/mol. The third-order valence-electron chi connectivity index (χ3n) is 2.89. The van der Waals surface area contributed by atoms with Gasteiger partial charge in [0.25, 0.3) is 0 Å². The monoisotopic (exact) mass is 243 g/mol. The summed E-state index contributed by atoms with van der Waals surface area (Å²) in [6.45, 7) is 5.60. The van der Waals surface area contributed by atoms with Gasteiger partial charge in [0.1, 0.15) is 0 Å². The van der Waals surface area contributed by atoms with Gasteiger partial charge in [0.05, 0.1) is 11.5 Å². The van der Waals surface area contributed by atoms with Gasteiger partial charge in [-0.1, -0.05) is 19.1 Å². The van der Waals surface area contributed by atoms with Gasteiger partial charge in [0, 0.05) is 19.6 Å². The average molecular weight is 243 g/mol. The lowest BCUT2D eigenvalue weighted by Gasteiger charge is -2.29. The van der Waals surface area contributed by atoms with E-state index in [0.717, 1.165) is 32.5 Å². The summed E-state index contributed by atoms with van der Waals surface area (Å²) < 4.78 is 0. The van der Waals surface area contributed by atoms with E-state index in [0.29, 0.717) is 18.1 Å². The van der Waals surface area contributed by atoms with Gasteiger partial charge in [-0.25, -0.2) is 0 Å². The van der Waals surface area contributed by atoms with Crippen molar-refractivity contribution < 1.29 is 4.79 Å². The maximum atomic E-state index is 11.9. The molecule has 0 aliphatic carbocycles. The highest BCUT2D eigenvalue weighted by Gasteiger charge is 2.18. The number of likely N-dealkylation sites (N-methyl/N-ethyl adjacent to an activating group) is 1. The zero-order chi connectivity index (χ0) is 12.0. The summed E-state index contributed by atoms with van der Waals surface area (Å²) in [6.07, 6.45) is 3.51. The second-order valence-electron chi connectivity index (χ2n) is 4.21. The van der Waals surface area contributed by atoms with E-state index in [-0.39, 0.29) is 5.91 Å². The van der Waals surface area contributed by atoms with E-state index < -0.39 is 0 Å². The van der Waals surface area contributed by atoms with Crippen LogP contribution in [0.2, 0.25) is 0 Å². The molecule has 0 bridgehead atoms. The zero-order valence-corrected chi connectivity index (χ0v) is 10.8. The van der Waals surface area contributed by atoms with Gasteiger partial charge in [-0.15, -0.1) is 0 Å². The Bertz CT molecular complexity index is 252. The normalized spacial score (nSPS) is 16.5. The molecule has 1 aliphatic rings. The van der Waals surface area contributed by atoms with Gasteiger partial charge in [-0.05, 0) is 25.8 Å². The van der Waals surface area contributed by atoms with Crippen LogP contribution in [0.1, 0.15) is 26.2 Å². The first kappa shape index (κ1) is 13.4. The number of thiocarbonyl (C=S) groups is 1. The van der Waals surface area contributed by atoms with Gasteiger partial charge in [-0.3, -0.25) is 9.69 Å². The Morgan fingerprint density at radius 1 is 1.31 bits per heavy atom. The van der Waals surface area contributed by atoms with Crippen LogP contribution in [0.25, 0.3) is 0 Å². The number of rotatable bonds is 5. The number of hydrogen-bond donors (Lipinski definition) is 1. The van der Waals surface area contributed by atoms with Crippen LogP contribution in [0.3, 0.4) is 0 Å². The molecule has 1 heterocycles. The van der Waals surface area contributed by atoms with Crippen LogP contribution in [0.15, 0.2) is 0 Å². The smallest absolute Gasteiger partial charge is 0.236 e. The van der Waals surface area contributed by atoms with Crippen LogP contribution in [-0.4, -0.2) is 53.4 Å². The highest BCUT2D eigenvalue weighted by molar-refractivity contribution is 7.80. The van der Waals surface area contributed by atoms with E-state index in [1.807, 2.05) is 16.7 Å². The highest BCUT2D eigenvalue weighted by Crippen LogP contribution is 2.09. The van der Waals surface area contributed by atoms with E-state index in [1.54, 1.807) is 0 Å². The van der Waals surface area contributed by atoms with Crippen LogP contribution >= 0.6 is 12.2 Å². The van der Waals surface area contributed by atoms with Crippen molar-refractivity contribution in [2.45, 2.75) is 26.2 Å². The lowest BCUT2D eigenvalue weighted by atomic mass is 10.1. The molecule has 0 unspecified atom stereocenters. The molecule has 1 fully saturated rings. The van der Waals surface area contributed by atoms with E-state index in [1.165, 1.54) is 6.42 Å². The minimum absolute atomic E-state index is 0.206. The molecule has 1 aliphatic heterocycles. The number of piperidine rings is 1. The highest BCUT2D eigenvalue weighted by atomic mass is 32.1. The third-order valence-corrected chi connectivity index (χ3v) is 3.02. The second-order valence-corrected chi connectivity index (χ2v) is 4.74.